The molecule has 3 N–H and O–H groups in total. The lowest BCUT2D eigenvalue weighted by Gasteiger charge is -2.41. The van der Waals surface area contributed by atoms with Crippen molar-refractivity contribution in [2.75, 3.05) is 11.9 Å². The van der Waals surface area contributed by atoms with Crippen LogP contribution in [0.2, 0.25) is 0 Å². The average molecular weight is 502 g/mol. The number of amides is 3. The van der Waals surface area contributed by atoms with Gasteiger partial charge >= 0.3 is 0 Å². The fraction of sp³-hybridized carbons (Fsp3) is 0.667. The van der Waals surface area contributed by atoms with Crippen LogP contribution in [0, 0.1) is 23.7 Å². The van der Waals surface area contributed by atoms with Gasteiger partial charge in [-0.1, -0.05) is 39.0 Å². The van der Waals surface area contributed by atoms with E-state index in [9.17, 15) is 19.5 Å². The van der Waals surface area contributed by atoms with Crippen LogP contribution in [0.25, 0.3) is 0 Å². The number of aliphatic hydroxyl groups is 1. The van der Waals surface area contributed by atoms with Crippen LogP contribution in [-0.2, 0) is 14.4 Å². The second-order valence-electron chi connectivity index (χ2n) is 11.9. The van der Waals surface area contributed by atoms with Gasteiger partial charge in [0.15, 0.2) is 0 Å². The number of carbonyl (C=O) groups is 3. The molecule has 1 aromatic carbocycles. The minimum absolute atomic E-state index is 0.0209. The highest BCUT2D eigenvalue weighted by Gasteiger charge is 2.76. The summed E-state index contributed by atoms with van der Waals surface area (Å²) in [6.45, 7) is 11.8. The predicted molar refractivity (Wildman–Crippen MR) is 139 cm³/mol. The van der Waals surface area contributed by atoms with Crippen LogP contribution in [-0.4, -0.2) is 62.0 Å². The molecule has 35 heavy (non-hydrogen) atoms. The summed E-state index contributed by atoms with van der Waals surface area (Å²) in [5.74, 6) is -1.32. The molecule has 3 heterocycles. The molecule has 3 saturated heterocycles. The largest absolute Gasteiger partial charge is 0.394 e. The van der Waals surface area contributed by atoms with Gasteiger partial charge in [-0.25, -0.2) is 0 Å². The number of thioether (sulfide) groups is 1. The second-order valence-corrected chi connectivity index (χ2v) is 13.4. The number of anilines is 1. The maximum Gasteiger partial charge on any atom is 0.244 e. The van der Waals surface area contributed by atoms with E-state index in [4.69, 9.17) is 0 Å². The summed E-state index contributed by atoms with van der Waals surface area (Å²) < 4.78 is -0.694. The number of hydrogen-bond acceptors (Lipinski definition) is 5. The molecule has 0 saturated carbocycles. The molecule has 192 valence electrons. The number of hydrogen-bond donors (Lipinski definition) is 3. The summed E-state index contributed by atoms with van der Waals surface area (Å²) in [7, 11) is 0. The van der Waals surface area contributed by atoms with Crippen LogP contribution >= 0.6 is 11.8 Å². The van der Waals surface area contributed by atoms with Crippen LogP contribution in [0.15, 0.2) is 30.3 Å². The Morgan fingerprint density at radius 3 is 2.43 bits per heavy atom. The molecule has 3 amide bonds. The molecule has 0 radical (unpaired) electrons. The number of nitrogens with one attached hydrogen (secondary N) is 2. The SMILES string of the molecule is CC(C)C[C@H](CO)N1C(=O)[C@@H]2[C@@H](C(=O)Nc3ccccc3)[C@H]3CC(C)C2(S3)C1C(=O)NC(C)(C)C. The maximum atomic E-state index is 14.2. The number of nitrogens with zero attached hydrogens (tertiary/aromatic N) is 1. The van der Waals surface area contributed by atoms with Crippen LogP contribution in [0.3, 0.4) is 0 Å². The predicted octanol–water partition coefficient (Wildman–Crippen LogP) is 3.28. The second kappa shape index (κ2) is 9.43. The monoisotopic (exact) mass is 501 g/mol. The van der Waals surface area contributed by atoms with E-state index in [0.29, 0.717) is 12.1 Å². The van der Waals surface area contributed by atoms with Crippen molar-refractivity contribution in [1.29, 1.82) is 0 Å². The topological polar surface area (TPSA) is 98.7 Å². The molecule has 2 bridgehead atoms. The standard InChI is InChI=1S/C27H39N3O4S/c1-15(2)12-18(14-31)30-22(24(33)29-26(4,5)6)27-16(3)13-19(35-27)20(21(27)25(30)34)23(32)28-17-10-8-7-9-11-17/h7-11,15-16,18-22,31H,12-14H2,1-6H3,(H,28,32)(H,29,33)/t16?,18-,19-,20+,21+,22?,27?/m1/s1. The molecule has 0 aliphatic carbocycles. The summed E-state index contributed by atoms with van der Waals surface area (Å²) in [5, 5.41) is 16.4. The lowest BCUT2D eigenvalue weighted by molar-refractivity contribution is -0.142. The smallest absolute Gasteiger partial charge is 0.244 e. The van der Waals surface area contributed by atoms with Gasteiger partial charge in [-0.15, -0.1) is 11.8 Å². The first-order valence-corrected chi connectivity index (χ1v) is 13.6. The van der Waals surface area contributed by atoms with Crippen molar-refractivity contribution in [3.05, 3.63) is 30.3 Å². The Labute approximate surface area is 212 Å². The van der Waals surface area contributed by atoms with Crippen LogP contribution < -0.4 is 10.6 Å². The molecule has 4 rings (SSSR count). The van der Waals surface area contributed by atoms with Gasteiger partial charge in [-0.05, 0) is 57.6 Å². The molecule has 1 spiro atoms. The maximum absolute atomic E-state index is 14.2. The van der Waals surface area contributed by atoms with Crippen molar-refractivity contribution in [1.82, 2.24) is 10.2 Å². The van der Waals surface area contributed by atoms with Gasteiger partial charge in [0.2, 0.25) is 17.7 Å². The molecule has 8 heteroatoms. The van der Waals surface area contributed by atoms with Crippen molar-refractivity contribution in [2.45, 2.75) is 82.0 Å². The van der Waals surface area contributed by atoms with Crippen molar-refractivity contribution < 1.29 is 19.5 Å². The number of carbonyl (C=O) groups excluding carboxylic acids is 3. The third kappa shape index (κ3) is 4.48. The number of likely N-dealkylation sites (tertiary alicyclic amines) is 1. The number of para-hydroxylation sites is 1. The zero-order valence-corrected chi connectivity index (χ0v) is 22.4. The lowest BCUT2D eigenvalue weighted by Crippen LogP contribution is -2.60. The highest BCUT2D eigenvalue weighted by molar-refractivity contribution is 8.02. The first-order valence-electron chi connectivity index (χ1n) is 12.7. The van der Waals surface area contributed by atoms with E-state index < -0.39 is 34.2 Å². The van der Waals surface area contributed by atoms with Crippen molar-refractivity contribution in [3.8, 4) is 0 Å². The van der Waals surface area contributed by atoms with Gasteiger partial charge in [-0.3, -0.25) is 14.4 Å². The van der Waals surface area contributed by atoms with Crippen LogP contribution in [0.1, 0.15) is 54.4 Å². The minimum Gasteiger partial charge on any atom is -0.394 e. The third-order valence-electron chi connectivity index (χ3n) is 7.62. The quantitative estimate of drug-likeness (QED) is 0.533. The summed E-state index contributed by atoms with van der Waals surface area (Å²) >= 11 is 1.66. The number of rotatable bonds is 7. The Morgan fingerprint density at radius 1 is 1.20 bits per heavy atom. The first kappa shape index (κ1) is 26.0. The Kier molecular flexibility index (Phi) is 7.01. The Hall–Kier alpha value is -2.06. The lowest BCUT2D eigenvalue weighted by atomic mass is 9.65. The molecule has 1 aromatic rings. The van der Waals surface area contributed by atoms with Gasteiger partial charge in [0, 0.05) is 16.5 Å². The number of benzene rings is 1. The summed E-state index contributed by atoms with van der Waals surface area (Å²) in [6.07, 6.45) is 1.37. The molecular weight excluding hydrogens is 462 g/mol. The van der Waals surface area contributed by atoms with E-state index >= 15 is 0 Å². The van der Waals surface area contributed by atoms with Gasteiger partial charge < -0.3 is 20.6 Å². The van der Waals surface area contributed by atoms with Gasteiger partial charge in [0.1, 0.15) is 6.04 Å². The van der Waals surface area contributed by atoms with Gasteiger partial charge in [0.05, 0.1) is 29.2 Å². The molecule has 3 fully saturated rings. The highest BCUT2D eigenvalue weighted by atomic mass is 32.2. The van der Waals surface area contributed by atoms with Crippen molar-refractivity contribution in [2.24, 2.45) is 23.7 Å². The van der Waals surface area contributed by atoms with Gasteiger partial charge in [-0.2, -0.15) is 0 Å². The molecule has 7 atom stereocenters. The zero-order valence-electron chi connectivity index (χ0n) is 21.6. The fourth-order valence-electron chi connectivity index (χ4n) is 6.46. The molecule has 0 aromatic heterocycles. The Bertz CT molecular complexity index is 978. The van der Waals surface area contributed by atoms with Gasteiger partial charge in [0.25, 0.3) is 0 Å². The molecule has 3 aliphatic heterocycles. The van der Waals surface area contributed by atoms with Crippen LogP contribution in [0.4, 0.5) is 5.69 Å². The number of aliphatic hydroxyl groups excluding tert-OH is 1. The molecule has 3 unspecified atom stereocenters. The number of fused-ring (bicyclic) bond motifs is 1. The normalized spacial score (nSPS) is 32.6. The summed E-state index contributed by atoms with van der Waals surface area (Å²) in [6, 6.07) is 8.09. The van der Waals surface area contributed by atoms with E-state index in [-0.39, 0.29) is 41.4 Å². The van der Waals surface area contributed by atoms with E-state index in [1.54, 1.807) is 16.7 Å². The van der Waals surface area contributed by atoms with Crippen molar-refractivity contribution >= 4 is 35.2 Å². The fourth-order valence-corrected chi connectivity index (χ4v) is 8.87. The molecular formula is C27H39N3O4S. The van der Waals surface area contributed by atoms with Crippen molar-refractivity contribution in [3.63, 3.8) is 0 Å². The molecule has 3 aliphatic rings. The molecule has 7 nitrogen and oxygen atoms in total. The summed E-state index contributed by atoms with van der Waals surface area (Å²) in [4.78, 5) is 43.3. The zero-order chi connectivity index (χ0) is 25.7. The van der Waals surface area contributed by atoms with E-state index in [1.165, 1.54) is 0 Å². The third-order valence-corrected chi connectivity index (χ3v) is 9.70. The Balaban J connectivity index is 1.76. The summed E-state index contributed by atoms with van der Waals surface area (Å²) in [5.41, 5.74) is 0.228. The van der Waals surface area contributed by atoms with E-state index in [2.05, 4.69) is 17.6 Å². The average Bonchev–Trinajstić information content (AvgIpc) is 3.35. The van der Waals surface area contributed by atoms with E-state index in [0.717, 1.165) is 6.42 Å². The Morgan fingerprint density at radius 2 is 1.86 bits per heavy atom. The minimum atomic E-state index is -0.727. The van der Waals surface area contributed by atoms with E-state index in [1.807, 2.05) is 65.0 Å². The van der Waals surface area contributed by atoms with Crippen LogP contribution in [0.5, 0.6) is 0 Å². The first-order chi connectivity index (χ1) is 16.4. The highest BCUT2D eigenvalue weighted by Crippen LogP contribution is 2.69.